The maximum Gasteiger partial charge on any atom is 0.317 e. The van der Waals surface area contributed by atoms with Gasteiger partial charge in [0.25, 0.3) is 0 Å². The number of aliphatic carboxylic acids is 1. The van der Waals surface area contributed by atoms with E-state index >= 15 is 0 Å². The van der Waals surface area contributed by atoms with Crippen LogP contribution in [0.3, 0.4) is 0 Å². The van der Waals surface area contributed by atoms with Crippen molar-refractivity contribution in [3.05, 3.63) is 40.7 Å². The molecular weight excluding hydrogens is 369 g/mol. The molecule has 0 bridgehead atoms. The number of hydrogen-bond acceptors (Lipinski definition) is 4. The van der Waals surface area contributed by atoms with Gasteiger partial charge in [-0.2, -0.15) is 0 Å². The molecule has 27 heavy (non-hydrogen) atoms. The minimum atomic E-state index is -0.859. The lowest BCUT2D eigenvalue weighted by atomic mass is 9.99. The van der Waals surface area contributed by atoms with E-state index in [1.54, 1.807) is 17.0 Å². The molecule has 1 fully saturated rings. The number of amides is 2. The molecule has 3 rings (SSSR count). The first kappa shape index (κ1) is 19.3. The van der Waals surface area contributed by atoms with E-state index in [1.165, 1.54) is 23.5 Å². The quantitative estimate of drug-likeness (QED) is 0.830. The Balaban J connectivity index is 1.69. The molecule has 0 spiro atoms. The second-order valence-electron chi connectivity index (χ2n) is 6.77. The SMILES string of the molecule is Cc1nc(-c2ccc(F)cc2)sc1C(C)NC(=O)N1CCCC(C(=O)O)C1. The third-order valence-electron chi connectivity index (χ3n) is 4.71. The first-order valence-electron chi connectivity index (χ1n) is 8.86. The Morgan fingerprint density at radius 3 is 2.74 bits per heavy atom. The van der Waals surface area contributed by atoms with E-state index in [1.807, 2.05) is 13.8 Å². The van der Waals surface area contributed by atoms with Crippen molar-refractivity contribution in [1.29, 1.82) is 0 Å². The van der Waals surface area contributed by atoms with Gasteiger partial charge in [-0.1, -0.05) is 0 Å². The standard InChI is InChI=1S/C19H22FN3O3S/c1-11-16(27-17(21-11)13-5-7-15(20)8-6-13)12(2)22-19(26)23-9-3-4-14(10-23)18(24)25/h5-8,12,14H,3-4,9-10H2,1-2H3,(H,22,26)(H,24,25). The van der Waals surface area contributed by atoms with Gasteiger partial charge in [0, 0.05) is 18.7 Å². The van der Waals surface area contributed by atoms with Crippen LogP contribution in [0.25, 0.3) is 10.6 Å². The molecule has 2 aromatic rings. The number of aromatic nitrogens is 1. The summed E-state index contributed by atoms with van der Waals surface area (Å²) in [5, 5.41) is 12.9. The molecule has 1 aromatic carbocycles. The fourth-order valence-electron chi connectivity index (χ4n) is 3.23. The largest absolute Gasteiger partial charge is 0.481 e. The van der Waals surface area contributed by atoms with Crippen molar-refractivity contribution in [2.45, 2.75) is 32.7 Å². The van der Waals surface area contributed by atoms with E-state index in [4.69, 9.17) is 0 Å². The van der Waals surface area contributed by atoms with Crippen LogP contribution in [0, 0.1) is 18.7 Å². The maximum absolute atomic E-state index is 13.1. The molecule has 2 atom stereocenters. The topological polar surface area (TPSA) is 82.5 Å². The molecule has 8 heteroatoms. The molecule has 1 saturated heterocycles. The Morgan fingerprint density at radius 1 is 1.37 bits per heavy atom. The molecule has 144 valence electrons. The Kier molecular flexibility index (Phi) is 5.74. The number of carboxylic acid groups (broad SMARTS) is 1. The number of nitrogens with zero attached hydrogens (tertiary/aromatic N) is 2. The van der Waals surface area contributed by atoms with Crippen LogP contribution in [-0.2, 0) is 4.79 Å². The summed E-state index contributed by atoms with van der Waals surface area (Å²) in [6.45, 7) is 4.55. The van der Waals surface area contributed by atoms with Gasteiger partial charge in [0.1, 0.15) is 10.8 Å². The summed E-state index contributed by atoms with van der Waals surface area (Å²) in [6, 6.07) is 5.64. The monoisotopic (exact) mass is 391 g/mol. The van der Waals surface area contributed by atoms with E-state index in [2.05, 4.69) is 10.3 Å². The zero-order valence-electron chi connectivity index (χ0n) is 15.2. The Labute approximate surface area is 161 Å². The molecule has 0 aliphatic carbocycles. The van der Waals surface area contributed by atoms with Crippen LogP contribution in [-0.4, -0.2) is 40.1 Å². The van der Waals surface area contributed by atoms with Crippen LogP contribution in [0.5, 0.6) is 0 Å². The lowest BCUT2D eigenvalue weighted by Crippen LogP contribution is -2.47. The van der Waals surface area contributed by atoms with Gasteiger partial charge in [-0.25, -0.2) is 14.2 Å². The molecular formula is C19H22FN3O3S. The number of urea groups is 1. The van der Waals surface area contributed by atoms with Crippen LogP contribution in [0.2, 0.25) is 0 Å². The highest BCUT2D eigenvalue weighted by molar-refractivity contribution is 7.15. The maximum atomic E-state index is 13.1. The van der Waals surface area contributed by atoms with Crippen molar-refractivity contribution in [3.8, 4) is 10.6 Å². The Hall–Kier alpha value is -2.48. The molecule has 2 amide bonds. The van der Waals surface area contributed by atoms with E-state index in [-0.39, 0.29) is 24.4 Å². The lowest BCUT2D eigenvalue weighted by Gasteiger charge is -2.31. The molecule has 2 unspecified atom stereocenters. The van der Waals surface area contributed by atoms with Crippen molar-refractivity contribution in [1.82, 2.24) is 15.2 Å². The molecule has 1 aliphatic rings. The zero-order chi connectivity index (χ0) is 19.6. The summed E-state index contributed by atoms with van der Waals surface area (Å²) in [5.41, 5.74) is 1.64. The summed E-state index contributed by atoms with van der Waals surface area (Å²) >= 11 is 1.46. The van der Waals surface area contributed by atoms with Crippen molar-refractivity contribution < 1.29 is 19.1 Å². The number of benzene rings is 1. The second-order valence-corrected chi connectivity index (χ2v) is 7.80. The molecule has 2 N–H and O–H groups in total. The highest BCUT2D eigenvalue weighted by Gasteiger charge is 2.29. The first-order valence-corrected chi connectivity index (χ1v) is 9.68. The van der Waals surface area contributed by atoms with E-state index in [0.29, 0.717) is 19.4 Å². The molecule has 0 radical (unpaired) electrons. The van der Waals surface area contributed by atoms with Crippen molar-refractivity contribution in [2.24, 2.45) is 5.92 Å². The summed E-state index contributed by atoms with van der Waals surface area (Å²) in [4.78, 5) is 30.8. The zero-order valence-corrected chi connectivity index (χ0v) is 16.1. The van der Waals surface area contributed by atoms with Crippen LogP contribution in [0.15, 0.2) is 24.3 Å². The van der Waals surface area contributed by atoms with Gasteiger partial charge in [-0.3, -0.25) is 4.79 Å². The normalized spacial score (nSPS) is 18.2. The number of carboxylic acids is 1. The van der Waals surface area contributed by atoms with Crippen LogP contribution in [0.1, 0.15) is 36.4 Å². The predicted molar refractivity (Wildman–Crippen MR) is 101 cm³/mol. The average molecular weight is 391 g/mol. The van der Waals surface area contributed by atoms with Gasteiger partial charge >= 0.3 is 12.0 Å². The van der Waals surface area contributed by atoms with Gasteiger partial charge in [0.05, 0.1) is 22.5 Å². The fourth-order valence-corrected chi connectivity index (χ4v) is 4.30. The van der Waals surface area contributed by atoms with E-state index in [0.717, 1.165) is 21.1 Å². The number of rotatable bonds is 4. The Bertz CT molecular complexity index is 837. The summed E-state index contributed by atoms with van der Waals surface area (Å²) in [6.07, 6.45) is 1.29. The first-order chi connectivity index (χ1) is 12.8. The number of likely N-dealkylation sites (tertiary alicyclic amines) is 1. The summed E-state index contributed by atoms with van der Waals surface area (Å²) in [5.74, 6) is -1.66. The average Bonchev–Trinajstić information content (AvgIpc) is 3.04. The van der Waals surface area contributed by atoms with E-state index in [9.17, 15) is 19.1 Å². The van der Waals surface area contributed by atoms with Crippen LogP contribution >= 0.6 is 11.3 Å². The number of carbonyl (C=O) groups excluding carboxylic acids is 1. The van der Waals surface area contributed by atoms with Crippen LogP contribution < -0.4 is 5.32 Å². The van der Waals surface area contributed by atoms with Crippen molar-refractivity contribution in [2.75, 3.05) is 13.1 Å². The van der Waals surface area contributed by atoms with Gasteiger partial charge in [0.15, 0.2) is 0 Å². The van der Waals surface area contributed by atoms with Crippen LogP contribution in [0.4, 0.5) is 9.18 Å². The fraction of sp³-hybridized carbons (Fsp3) is 0.421. The third-order valence-corrected chi connectivity index (χ3v) is 6.10. The number of halogens is 1. The number of piperidine rings is 1. The third kappa shape index (κ3) is 4.44. The molecule has 1 aliphatic heterocycles. The smallest absolute Gasteiger partial charge is 0.317 e. The number of carbonyl (C=O) groups is 2. The second kappa shape index (κ2) is 8.04. The summed E-state index contributed by atoms with van der Waals surface area (Å²) in [7, 11) is 0. The molecule has 6 nitrogen and oxygen atoms in total. The number of aryl methyl sites for hydroxylation is 1. The summed E-state index contributed by atoms with van der Waals surface area (Å²) < 4.78 is 13.1. The predicted octanol–water partition coefficient (Wildman–Crippen LogP) is 3.82. The van der Waals surface area contributed by atoms with Gasteiger partial charge in [-0.15, -0.1) is 11.3 Å². The minimum Gasteiger partial charge on any atom is -0.481 e. The Morgan fingerprint density at radius 2 is 2.07 bits per heavy atom. The van der Waals surface area contributed by atoms with Crippen molar-refractivity contribution in [3.63, 3.8) is 0 Å². The number of thiazole rings is 1. The minimum absolute atomic E-state index is 0.233. The molecule has 2 heterocycles. The van der Waals surface area contributed by atoms with Crippen molar-refractivity contribution >= 4 is 23.3 Å². The van der Waals surface area contributed by atoms with Gasteiger partial charge in [0.2, 0.25) is 0 Å². The number of hydrogen-bond donors (Lipinski definition) is 2. The number of nitrogens with one attached hydrogen (secondary N) is 1. The highest BCUT2D eigenvalue weighted by Crippen LogP contribution is 2.32. The van der Waals surface area contributed by atoms with Gasteiger partial charge < -0.3 is 15.3 Å². The highest BCUT2D eigenvalue weighted by atomic mass is 32.1. The molecule has 0 saturated carbocycles. The lowest BCUT2D eigenvalue weighted by molar-refractivity contribution is -0.143. The van der Waals surface area contributed by atoms with Gasteiger partial charge in [-0.05, 0) is 51.0 Å². The van der Waals surface area contributed by atoms with E-state index < -0.39 is 11.9 Å². The molecule has 1 aromatic heterocycles.